The van der Waals surface area contributed by atoms with Crippen molar-refractivity contribution in [3.63, 3.8) is 0 Å². The van der Waals surface area contributed by atoms with Crippen molar-refractivity contribution in [2.45, 2.75) is 110 Å². The van der Waals surface area contributed by atoms with Crippen LogP contribution in [0.1, 0.15) is 79.1 Å². The Morgan fingerprint density at radius 1 is 0.774 bits per heavy atom. The molecule has 1 aliphatic heterocycles. The van der Waals surface area contributed by atoms with Crippen LogP contribution in [0.25, 0.3) is 0 Å². The molecular formula is C37H46O16. The second-order valence-electron chi connectivity index (χ2n) is 14.3. The monoisotopic (exact) mass is 746 g/mol. The summed E-state index contributed by atoms with van der Waals surface area (Å²) in [6.07, 6.45) is -7.85. The smallest absolute Gasteiger partial charge is 0.338 e. The van der Waals surface area contributed by atoms with Crippen molar-refractivity contribution < 1.29 is 76.6 Å². The van der Waals surface area contributed by atoms with E-state index in [1.807, 2.05) is 0 Å². The third-order valence-corrected chi connectivity index (χ3v) is 10.6. The van der Waals surface area contributed by atoms with E-state index in [1.54, 1.807) is 32.0 Å². The van der Waals surface area contributed by atoms with Crippen LogP contribution in [0.2, 0.25) is 0 Å². The topological polar surface area (TPSA) is 221 Å². The van der Waals surface area contributed by atoms with Gasteiger partial charge in [-0.3, -0.25) is 33.6 Å². The molecule has 11 atom stereocenters. The van der Waals surface area contributed by atoms with E-state index in [2.05, 4.69) is 0 Å². The van der Waals surface area contributed by atoms with Crippen LogP contribution in [0.3, 0.4) is 0 Å². The van der Waals surface area contributed by atoms with Gasteiger partial charge in [0.2, 0.25) is 0 Å². The van der Waals surface area contributed by atoms with E-state index in [0.29, 0.717) is 0 Å². The normalized spacial score (nSPS) is 34.8. The maximum absolute atomic E-state index is 15.1. The number of ketones is 2. The maximum atomic E-state index is 15.1. The third kappa shape index (κ3) is 6.82. The first kappa shape index (κ1) is 41.1. The fourth-order valence-corrected chi connectivity index (χ4v) is 8.46. The number of ether oxygens (including phenoxy) is 7. The van der Waals surface area contributed by atoms with E-state index in [4.69, 9.17) is 33.2 Å². The predicted molar refractivity (Wildman–Crippen MR) is 177 cm³/mol. The van der Waals surface area contributed by atoms with Crippen LogP contribution >= 0.6 is 0 Å². The number of rotatable bonds is 12. The van der Waals surface area contributed by atoms with E-state index in [-0.39, 0.29) is 12.0 Å². The quantitative estimate of drug-likeness (QED) is 0.238. The van der Waals surface area contributed by atoms with E-state index >= 15 is 4.79 Å². The molecule has 16 nitrogen and oxygen atoms in total. The highest BCUT2D eigenvalue weighted by atomic mass is 16.6. The Kier molecular flexibility index (Phi) is 11.6. The molecule has 0 aromatic heterocycles. The third-order valence-electron chi connectivity index (χ3n) is 10.6. The second kappa shape index (κ2) is 15.0. The molecule has 0 unspecified atom stereocenters. The summed E-state index contributed by atoms with van der Waals surface area (Å²) in [7, 11) is 0. The van der Waals surface area contributed by atoms with Crippen molar-refractivity contribution in [1.29, 1.82) is 0 Å². The van der Waals surface area contributed by atoms with Gasteiger partial charge in [0.15, 0.2) is 29.7 Å². The van der Waals surface area contributed by atoms with Crippen molar-refractivity contribution in [3.05, 3.63) is 35.9 Å². The van der Waals surface area contributed by atoms with Crippen molar-refractivity contribution in [1.82, 2.24) is 0 Å². The summed E-state index contributed by atoms with van der Waals surface area (Å²) in [6.45, 7) is 8.82. The number of carbonyl (C=O) groups is 8. The van der Waals surface area contributed by atoms with E-state index in [9.17, 15) is 38.7 Å². The molecule has 1 saturated heterocycles. The van der Waals surface area contributed by atoms with Crippen molar-refractivity contribution in [3.8, 4) is 0 Å². The van der Waals surface area contributed by atoms with Gasteiger partial charge in [-0.05, 0) is 32.4 Å². The number of Topliss-reactive ketones (excluding diaryl/α,β-unsaturated/α-hetero) is 2. The Morgan fingerprint density at radius 2 is 1.32 bits per heavy atom. The molecule has 1 N–H and O–H groups in total. The number of carbonyl (C=O) groups excluding carboxylic acids is 8. The molecule has 3 aliphatic rings. The van der Waals surface area contributed by atoms with Crippen molar-refractivity contribution in [2.24, 2.45) is 23.2 Å². The predicted octanol–water partition coefficient (Wildman–Crippen LogP) is 1.84. The summed E-state index contributed by atoms with van der Waals surface area (Å²) in [4.78, 5) is 107. The summed E-state index contributed by atoms with van der Waals surface area (Å²) in [5.41, 5.74) is -9.97. The minimum absolute atomic E-state index is 0.128. The zero-order valence-corrected chi connectivity index (χ0v) is 31.1. The Bertz CT molecular complexity index is 1670. The first-order valence-corrected chi connectivity index (χ1v) is 17.2. The molecule has 2 aliphatic carbocycles. The number of hydrogen-bond acceptors (Lipinski definition) is 16. The Morgan fingerprint density at radius 3 is 1.83 bits per heavy atom. The molecule has 0 radical (unpaired) electrons. The highest BCUT2D eigenvalue weighted by molar-refractivity contribution is 5.95. The fourth-order valence-electron chi connectivity index (χ4n) is 8.46. The van der Waals surface area contributed by atoms with Gasteiger partial charge in [0.1, 0.15) is 41.7 Å². The molecule has 1 aromatic carbocycles. The lowest BCUT2D eigenvalue weighted by molar-refractivity contribution is -0.364. The average Bonchev–Trinajstić information content (AvgIpc) is 3.29. The summed E-state index contributed by atoms with van der Waals surface area (Å²) >= 11 is 0. The molecule has 2 bridgehead atoms. The SMILES string of the molecule is CC[C@@H](C)C(=O)[C@H]1[C@H](OC(C)=O)[C@H](OC(C)=O)[C@@]2(COC(C)=O)[C@H](OC(C)=O)C(=O)[C@@H]3[C@@H](OC(C)=O)[C@]2(O[C@@]3(C)COC(=O)c2ccccc2)[C@@]1(C)O. The van der Waals surface area contributed by atoms with Gasteiger partial charge in [0, 0.05) is 40.5 Å². The van der Waals surface area contributed by atoms with Crippen LogP contribution < -0.4 is 0 Å². The van der Waals surface area contributed by atoms with Crippen molar-refractivity contribution in [2.75, 3.05) is 13.2 Å². The molecule has 1 heterocycles. The Hall–Kier alpha value is -4.70. The molecule has 16 heteroatoms. The van der Waals surface area contributed by atoms with E-state index in [0.717, 1.165) is 41.5 Å². The zero-order valence-electron chi connectivity index (χ0n) is 31.1. The van der Waals surface area contributed by atoms with Crippen LogP contribution in [0.5, 0.6) is 0 Å². The van der Waals surface area contributed by atoms with Gasteiger partial charge in [-0.1, -0.05) is 32.0 Å². The summed E-state index contributed by atoms with van der Waals surface area (Å²) in [6, 6.07) is 7.80. The Balaban J connectivity index is 2.19. The molecule has 1 aromatic rings. The number of aliphatic hydroxyl groups is 1. The van der Waals surface area contributed by atoms with Gasteiger partial charge in [0.25, 0.3) is 0 Å². The molecule has 4 rings (SSSR count). The lowest BCUT2D eigenvalue weighted by Gasteiger charge is -2.67. The van der Waals surface area contributed by atoms with Crippen LogP contribution in [-0.4, -0.2) is 107 Å². The number of esters is 6. The van der Waals surface area contributed by atoms with E-state index < -0.39 is 125 Å². The number of fused-ring (bicyclic) bond motifs is 1. The summed E-state index contributed by atoms with van der Waals surface area (Å²) < 4.78 is 41.2. The summed E-state index contributed by atoms with van der Waals surface area (Å²) in [5.74, 6) is -12.1. The minimum atomic E-state index is -2.72. The zero-order chi connectivity index (χ0) is 39.8. The van der Waals surface area contributed by atoms with Gasteiger partial charge in [0.05, 0.1) is 17.4 Å². The minimum Gasteiger partial charge on any atom is -0.465 e. The van der Waals surface area contributed by atoms with Crippen LogP contribution in [0, 0.1) is 23.2 Å². The van der Waals surface area contributed by atoms with Crippen LogP contribution in [0.15, 0.2) is 30.3 Å². The molecule has 53 heavy (non-hydrogen) atoms. The average molecular weight is 747 g/mol. The molecule has 2 saturated carbocycles. The number of benzene rings is 1. The lowest BCUT2D eigenvalue weighted by atomic mass is 9.43. The van der Waals surface area contributed by atoms with Gasteiger partial charge in [-0.2, -0.15) is 0 Å². The largest absolute Gasteiger partial charge is 0.465 e. The molecule has 3 fully saturated rings. The Labute approximate surface area is 306 Å². The highest BCUT2D eigenvalue weighted by Gasteiger charge is 2.91. The molecular weight excluding hydrogens is 700 g/mol. The number of hydrogen-bond donors (Lipinski definition) is 1. The van der Waals surface area contributed by atoms with E-state index in [1.165, 1.54) is 19.1 Å². The fraction of sp³-hybridized carbons (Fsp3) is 0.622. The highest BCUT2D eigenvalue weighted by Crippen LogP contribution is 2.69. The lowest BCUT2D eigenvalue weighted by Crippen LogP contribution is -2.88. The molecule has 290 valence electrons. The standard InChI is InChI=1S/C37H46O16/c1-10-18(2)27(43)25-29(49-20(4)39)32(52-23(7)42)36(17-47-19(3)38)31(51-22(6)41)28(44)26-30(50-21(5)40)37(36,35(25,9)46)53-34(26,8)16-48-33(45)24-14-12-11-13-15-24/h11-15,18,25-26,29-32,46H,10,16-17H2,1-9H3/t18-,25+,26-,29+,30-,31-,32+,34+,35+,36-,37+/m1/s1. The van der Waals surface area contributed by atoms with Gasteiger partial charge in [-0.25, -0.2) is 4.79 Å². The van der Waals surface area contributed by atoms with Crippen LogP contribution in [-0.2, 0) is 66.7 Å². The maximum Gasteiger partial charge on any atom is 0.338 e. The molecule has 0 amide bonds. The first-order chi connectivity index (χ1) is 24.6. The van der Waals surface area contributed by atoms with Crippen molar-refractivity contribution >= 4 is 47.4 Å². The van der Waals surface area contributed by atoms with Crippen LogP contribution in [0.4, 0.5) is 0 Å². The van der Waals surface area contributed by atoms with Gasteiger partial charge in [-0.15, -0.1) is 0 Å². The summed E-state index contributed by atoms with van der Waals surface area (Å²) in [5, 5.41) is 13.2. The first-order valence-electron chi connectivity index (χ1n) is 17.2. The van der Waals surface area contributed by atoms with Gasteiger partial charge < -0.3 is 38.3 Å². The second-order valence-corrected chi connectivity index (χ2v) is 14.3. The molecule has 1 spiro atoms. The van der Waals surface area contributed by atoms with Gasteiger partial charge >= 0.3 is 35.8 Å².